The molecule has 0 saturated heterocycles. The lowest BCUT2D eigenvalue weighted by atomic mass is 10.2. The van der Waals surface area contributed by atoms with E-state index in [1.165, 1.54) is 34.9 Å². The Labute approximate surface area is 191 Å². The van der Waals surface area contributed by atoms with Crippen LogP contribution >= 0.6 is 11.3 Å². The van der Waals surface area contributed by atoms with Gasteiger partial charge < -0.3 is 10.1 Å². The summed E-state index contributed by atoms with van der Waals surface area (Å²) in [6.45, 7) is 4.25. The second kappa shape index (κ2) is 9.37. The molecule has 0 unspecified atom stereocenters. The summed E-state index contributed by atoms with van der Waals surface area (Å²) >= 11 is 1.07. The van der Waals surface area contributed by atoms with E-state index in [1.54, 1.807) is 25.3 Å². The number of aromatic nitrogens is 3. The first-order chi connectivity index (χ1) is 15.9. The van der Waals surface area contributed by atoms with Gasteiger partial charge in [0.1, 0.15) is 15.5 Å². The lowest BCUT2D eigenvalue weighted by Crippen LogP contribution is -2.38. The van der Waals surface area contributed by atoms with Gasteiger partial charge in [-0.1, -0.05) is 18.2 Å². The van der Waals surface area contributed by atoms with Gasteiger partial charge in [0.05, 0.1) is 13.2 Å². The topological polar surface area (TPSA) is 94.7 Å². The Balaban J connectivity index is 1.58. The number of fused-ring (bicyclic) bond motifs is 1. The predicted molar refractivity (Wildman–Crippen MR) is 123 cm³/mol. The largest absolute Gasteiger partial charge is 0.478 e. The summed E-state index contributed by atoms with van der Waals surface area (Å²) in [7, 11) is 0. The minimum absolute atomic E-state index is 0.00381. The summed E-state index contributed by atoms with van der Waals surface area (Å²) in [5, 5.41) is 2.80. The predicted octanol–water partition coefficient (Wildman–Crippen LogP) is 2.74. The SMILES string of the molecule is CCOc1ccc(CNC(=O)c2cn3c(=O)n(Cc4ccc(F)cc4)c(=O)c(C)c3s2)cn1. The molecule has 10 heteroatoms. The number of hydrogen-bond acceptors (Lipinski definition) is 6. The molecule has 0 spiro atoms. The van der Waals surface area contributed by atoms with Gasteiger partial charge in [0.15, 0.2) is 0 Å². The monoisotopic (exact) mass is 468 g/mol. The second-order valence-electron chi connectivity index (χ2n) is 7.32. The lowest BCUT2D eigenvalue weighted by molar-refractivity contribution is 0.0954. The van der Waals surface area contributed by atoms with Crippen LogP contribution in [0.2, 0.25) is 0 Å². The van der Waals surface area contributed by atoms with Gasteiger partial charge in [-0.15, -0.1) is 11.3 Å². The highest BCUT2D eigenvalue weighted by Crippen LogP contribution is 2.18. The molecule has 0 aliphatic rings. The highest BCUT2D eigenvalue weighted by Gasteiger charge is 2.17. The smallest absolute Gasteiger partial charge is 0.336 e. The Hall–Kier alpha value is -3.79. The van der Waals surface area contributed by atoms with E-state index in [9.17, 15) is 18.8 Å². The minimum Gasteiger partial charge on any atom is -0.478 e. The van der Waals surface area contributed by atoms with Gasteiger partial charge >= 0.3 is 5.69 Å². The number of nitrogens with zero attached hydrogens (tertiary/aromatic N) is 3. The van der Waals surface area contributed by atoms with E-state index in [0.29, 0.717) is 33.3 Å². The van der Waals surface area contributed by atoms with Crippen LogP contribution in [0.5, 0.6) is 5.88 Å². The van der Waals surface area contributed by atoms with Crippen molar-refractivity contribution >= 4 is 22.1 Å². The normalized spacial score (nSPS) is 11.0. The van der Waals surface area contributed by atoms with Crippen molar-refractivity contribution in [3.05, 3.63) is 97.0 Å². The maximum absolute atomic E-state index is 13.2. The summed E-state index contributed by atoms with van der Waals surface area (Å²) in [6, 6.07) is 9.12. The average Bonchev–Trinajstić information content (AvgIpc) is 3.27. The summed E-state index contributed by atoms with van der Waals surface area (Å²) in [6.07, 6.45) is 3.05. The van der Waals surface area contributed by atoms with Crippen LogP contribution in [-0.2, 0) is 13.1 Å². The van der Waals surface area contributed by atoms with Crippen LogP contribution < -0.4 is 21.3 Å². The summed E-state index contributed by atoms with van der Waals surface area (Å²) in [5.41, 5.74) is 0.762. The maximum Gasteiger partial charge on any atom is 0.336 e. The van der Waals surface area contributed by atoms with Gasteiger partial charge in [0.25, 0.3) is 11.5 Å². The molecule has 1 amide bonds. The molecular weight excluding hydrogens is 447 g/mol. The number of ether oxygens (including phenoxy) is 1. The molecule has 0 aliphatic carbocycles. The Bertz CT molecular complexity index is 1420. The van der Waals surface area contributed by atoms with Crippen LogP contribution in [0.25, 0.3) is 4.83 Å². The lowest BCUT2D eigenvalue weighted by Gasteiger charge is -2.07. The van der Waals surface area contributed by atoms with E-state index in [-0.39, 0.29) is 19.0 Å². The number of benzene rings is 1. The molecule has 4 rings (SSSR count). The van der Waals surface area contributed by atoms with Crippen molar-refractivity contribution in [3.63, 3.8) is 0 Å². The van der Waals surface area contributed by atoms with Gasteiger partial charge in [-0.25, -0.2) is 14.2 Å². The molecule has 0 aliphatic heterocycles. The number of carbonyl (C=O) groups excluding carboxylic acids is 1. The van der Waals surface area contributed by atoms with Crippen molar-refractivity contribution in [2.75, 3.05) is 6.61 Å². The first-order valence-corrected chi connectivity index (χ1v) is 11.0. The van der Waals surface area contributed by atoms with E-state index >= 15 is 0 Å². The van der Waals surface area contributed by atoms with Gasteiger partial charge in [-0.05, 0) is 37.1 Å². The zero-order valence-corrected chi connectivity index (χ0v) is 18.8. The first-order valence-electron chi connectivity index (χ1n) is 10.2. The molecule has 0 saturated carbocycles. The fraction of sp³-hybridized carbons (Fsp3) is 0.217. The highest BCUT2D eigenvalue weighted by molar-refractivity contribution is 7.19. The fourth-order valence-corrected chi connectivity index (χ4v) is 4.30. The third-order valence-electron chi connectivity index (χ3n) is 5.02. The molecule has 0 atom stereocenters. The van der Waals surface area contributed by atoms with Gasteiger partial charge in [0, 0.05) is 30.6 Å². The van der Waals surface area contributed by atoms with E-state index in [2.05, 4.69) is 10.3 Å². The molecule has 0 fully saturated rings. The van der Waals surface area contributed by atoms with E-state index in [0.717, 1.165) is 21.5 Å². The zero-order chi connectivity index (χ0) is 23.5. The number of amides is 1. The Morgan fingerprint density at radius 3 is 2.55 bits per heavy atom. The molecule has 8 nitrogen and oxygen atoms in total. The number of pyridine rings is 1. The number of aryl methyl sites for hydroxylation is 1. The molecule has 4 aromatic rings. The van der Waals surface area contributed by atoms with Gasteiger partial charge in [-0.2, -0.15) is 0 Å². The van der Waals surface area contributed by atoms with Crippen LogP contribution in [0.3, 0.4) is 0 Å². The van der Waals surface area contributed by atoms with Crippen molar-refractivity contribution in [2.45, 2.75) is 26.9 Å². The molecule has 33 heavy (non-hydrogen) atoms. The van der Waals surface area contributed by atoms with Crippen molar-refractivity contribution in [2.24, 2.45) is 0 Å². The van der Waals surface area contributed by atoms with Crippen LogP contribution in [0.4, 0.5) is 4.39 Å². The summed E-state index contributed by atoms with van der Waals surface area (Å²) in [5.74, 6) is -0.257. The van der Waals surface area contributed by atoms with E-state index < -0.39 is 17.1 Å². The number of halogens is 1. The van der Waals surface area contributed by atoms with Crippen molar-refractivity contribution in [3.8, 4) is 5.88 Å². The summed E-state index contributed by atoms with van der Waals surface area (Å²) < 4.78 is 20.9. The Morgan fingerprint density at radius 2 is 1.88 bits per heavy atom. The van der Waals surface area contributed by atoms with Gasteiger partial charge in [-0.3, -0.25) is 18.6 Å². The molecule has 0 radical (unpaired) electrons. The fourth-order valence-electron chi connectivity index (χ4n) is 3.30. The second-order valence-corrected chi connectivity index (χ2v) is 8.35. The maximum atomic E-state index is 13.2. The Kier molecular flexibility index (Phi) is 6.36. The highest BCUT2D eigenvalue weighted by atomic mass is 32.1. The van der Waals surface area contributed by atoms with Crippen molar-refractivity contribution < 1.29 is 13.9 Å². The molecule has 3 aromatic heterocycles. The quantitative estimate of drug-likeness (QED) is 0.450. The minimum atomic E-state index is -0.559. The number of hydrogen-bond donors (Lipinski definition) is 1. The third kappa shape index (κ3) is 4.70. The van der Waals surface area contributed by atoms with Gasteiger partial charge in [0.2, 0.25) is 5.88 Å². The van der Waals surface area contributed by atoms with Crippen molar-refractivity contribution in [1.29, 1.82) is 0 Å². The number of nitrogens with one attached hydrogen (secondary N) is 1. The standard InChI is InChI=1S/C23H21FN4O4S/c1-3-32-19-9-6-16(10-25-19)11-26-20(29)18-13-28-22(33-18)14(2)21(30)27(23(28)31)12-15-4-7-17(24)8-5-15/h4-10,13H,3,11-12H2,1-2H3,(H,26,29). The Morgan fingerprint density at radius 1 is 1.15 bits per heavy atom. The third-order valence-corrected chi connectivity index (χ3v) is 6.22. The molecule has 1 aromatic carbocycles. The molecule has 0 bridgehead atoms. The zero-order valence-electron chi connectivity index (χ0n) is 18.0. The molecule has 1 N–H and O–H groups in total. The van der Waals surface area contributed by atoms with Crippen LogP contribution in [0, 0.1) is 12.7 Å². The number of rotatable bonds is 7. The number of thiazole rings is 1. The van der Waals surface area contributed by atoms with E-state index in [4.69, 9.17) is 4.74 Å². The van der Waals surface area contributed by atoms with Crippen LogP contribution in [0.1, 0.15) is 33.3 Å². The van der Waals surface area contributed by atoms with Crippen LogP contribution in [0.15, 0.2) is 58.4 Å². The summed E-state index contributed by atoms with van der Waals surface area (Å²) in [4.78, 5) is 43.3. The number of carbonyl (C=O) groups is 1. The van der Waals surface area contributed by atoms with Crippen molar-refractivity contribution in [1.82, 2.24) is 19.3 Å². The molecule has 3 heterocycles. The van der Waals surface area contributed by atoms with Crippen LogP contribution in [-0.4, -0.2) is 26.5 Å². The average molecular weight is 469 g/mol. The van der Waals surface area contributed by atoms with E-state index in [1.807, 2.05) is 6.92 Å². The molecular formula is C23H21FN4O4S. The first kappa shape index (κ1) is 22.4. The molecule has 170 valence electrons.